The van der Waals surface area contributed by atoms with E-state index in [1.165, 1.54) is 0 Å². The van der Waals surface area contributed by atoms with Crippen molar-refractivity contribution < 1.29 is 13.2 Å². The average Bonchev–Trinajstić information content (AvgIpc) is 2.37. The average molecular weight is 373 g/mol. The summed E-state index contributed by atoms with van der Waals surface area (Å²) in [6.45, 7) is 6.18. The Balaban J connectivity index is 4.84. The first-order valence-corrected chi connectivity index (χ1v) is 15.2. The molecule has 18 heavy (non-hydrogen) atoms. The Hall–Kier alpha value is 0.589. The van der Waals surface area contributed by atoms with Gasteiger partial charge in [0.15, 0.2) is 0 Å². The zero-order valence-corrected chi connectivity index (χ0v) is 15.0. The van der Waals surface area contributed by atoms with Crippen molar-refractivity contribution in [3.05, 3.63) is 0 Å². The van der Waals surface area contributed by atoms with Gasteiger partial charge >= 0.3 is 115 Å². The first-order chi connectivity index (χ1) is 8.54. The quantitative estimate of drug-likeness (QED) is 0.391. The van der Waals surface area contributed by atoms with Gasteiger partial charge in [0, 0.05) is 0 Å². The van der Waals surface area contributed by atoms with Crippen LogP contribution in [0.25, 0.3) is 0 Å². The third-order valence-electron chi connectivity index (χ3n) is 3.89. The molecule has 4 heteroatoms. The van der Waals surface area contributed by atoms with Crippen molar-refractivity contribution in [2.75, 3.05) is 0 Å². The van der Waals surface area contributed by atoms with E-state index in [-0.39, 0.29) is 0 Å². The summed E-state index contributed by atoms with van der Waals surface area (Å²) in [6, 6.07) is 0. The zero-order valence-electron chi connectivity index (χ0n) is 12.2. The Bertz CT molecular complexity index is 176. The Morgan fingerprint density at radius 1 is 0.722 bits per heavy atom. The molecule has 0 aliphatic rings. The molecule has 0 aliphatic carbocycles. The van der Waals surface area contributed by atoms with Gasteiger partial charge in [0.05, 0.1) is 0 Å². The number of hydrogen-bond donors (Lipinski definition) is 0. The maximum absolute atomic E-state index is 14.2. The molecule has 0 heterocycles. The van der Waals surface area contributed by atoms with Crippen LogP contribution in [-0.2, 0) is 0 Å². The second-order valence-electron chi connectivity index (χ2n) is 5.41. The van der Waals surface area contributed by atoms with Crippen molar-refractivity contribution in [2.24, 2.45) is 0 Å². The standard InChI is InChI=1S/3C4H9.C2H2F3.Sn/c3*1-3-4-2;3-1-2(4)5;/h3*1,3-4H2,2H3;1-2H;. The first-order valence-electron chi connectivity index (χ1n) is 7.46. The van der Waals surface area contributed by atoms with Gasteiger partial charge in [-0.15, -0.1) is 0 Å². The van der Waals surface area contributed by atoms with E-state index in [9.17, 15) is 13.2 Å². The van der Waals surface area contributed by atoms with Gasteiger partial charge in [0.1, 0.15) is 0 Å². The van der Waals surface area contributed by atoms with Gasteiger partial charge < -0.3 is 0 Å². The molecule has 0 radical (unpaired) electrons. The Labute approximate surface area is 115 Å². The van der Waals surface area contributed by atoms with E-state index < -0.39 is 29.0 Å². The van der Waals surface area contributed by atoms with Crippen molar-refractivity contribution in [3.63, 3.8) is 0 Å². The molecule has 0 N–H and O–H groups in total. The van der Waals surface area contributed by atoms with Gasteiger partial charge in [-0.2, -0.15) is 0 Å². The van der Waals surface area contributed by atoms with Crippen LogP contribution in [0.3, 0.4) is 0 Å². The molecule has 0 rings (SSSR count). The number of rotatable bonds is 11. The molecule has 0 saturated carbocycles. The van der Waals surface area contributed by atoms with Gasteiger partial charge in [-0.05, 0) is 0 Å². The summed E-state index contributed by atoms with van der Waals surface area (Å²) in [5.74, 6) is 0. The number of alkyl halides is 3. The molecular formula is C14H29F3Sn. The third-order valence-corrected chi connectivity index (χ3v) is 19.5. The molecular weight excluding hydrogens is 344 g/mol. The summed E-state index contributed by atoms with van der Waals surface area (Å²) in [7, 11) is 0. The Morgan fingerprint density at radius 2 is 1.06 bits per heavy atom. The second kappa shape index (κ2) is 10.4. The van der Waals surface area contributed by atoms with E-state index in [0.29, 0.717) is 0 Å². The van der Waals surface area contributed by atoms with Gasteiger partial charge in [0.25, 0.3) is 0 Å². The van der Waals surface area contributed by atoms with Gasteiger partial charge in [-0.25, -0.2) is 0 Å². The van der Waals surface area contributed by atoms with Crippen LogP contribution in [0.1, 0.15) is 59.3 Å². The van der Waals surface area contributed by atoms with Crippen molar-refractivity contribution in [1.29, 1.82) is 0 Å². The summed E-state index contributed by atoms with van der Waals surface area (Å²) in [5, 5.41) is 0. The van der Waals surface area contributed by atoms with Gasteiger partial charge in [0.2, 0.25) is 0 Å². The van der Waals surface area contributed by atoms with Gasteiger partial charge in [-0.3, -0.25) is 0 Å². The van der Waals surface area contributed by atoms with E-state index in [1.54, 1.807) is 0 Å². The molecule has 0 fully saturated rings. The van der Waals surface area contributed by atoms with Crippen LogP contribution >= 0.6 is 0 Å². The van der Waals surface area contributed by atoms with Crippen molar-refractivity contribution in [2.45, 2.75) is 83.2 Å². The van der Waals surface area contributed by atoms with E-state index in [4.69, 9.17) is 0 Å². The third kappa shape index (κ3) is 6.16. The van der Waals surface area contributed by atoms with Crippen LogP contribution in [0.4, 0.5) is 13.2 Å². The van der Waals surface area contributed by atoms with Crippen LogP contribution in [0.15, 0.2) is 0 Å². The molecule has 0 bridgehead atoms. The van der Waals surface area contributed by atoms with E-state index >= 15 is 0 Å². The summed E-state index contributed by atoms with van der Waals surface area (Å²) in [6.07, 6.45) is 3.06. The molecule has 110 valence electrons. The van der Waals surface area contributed by atoms with Crippen LogP contribution in [0, 0.1) is 0 Å². The van der Waals surface area contributed by atoms with Crippen LogP contribution in [0.2, 0.25) is 13.3 Å². The number of halogens is 3. The minimum absolute atomic E-state index is 0.816. The van der Waals surface area contributed by atoms with Crippen molar-refractivity contribution in [3.8, 4) is 0 Å². The fourth-order valence-corrected chi connectivity index (χ4v) is 17.7. The number of hydrogen-bond acceptors (Lipinski definition) is 0. The molecule has 0 amide bonds. The van der Waals surface area contributed by atoms with E-state index in [2.05, 4.69) is 20.8 Å². The fraction of sp³-hybridized carbons (Fsp3) is 1.00. The number of unbranched alkanes of at least 4 members (excludes halogenated alkanes) is 3. The summed E-state index contributed by atoms with van der Waals surface area (Å²) in [5.41, 5.74) is 0. The molecule has 1 unspecified atom stereocenters. The molecule has 1 atom stereocenters. The second-order valence-corrected chi connectivity index (χ2v) is 19.0. The monoisotopic (exact) mass is 374 g/mol. The predicted octanol–water partition coefficient (Wildman–Crippen LogP) is 5.98. The SMILES string of the molecule is CCC[CH2][Sn]([CH2]CCC)([CH2]CCC)[CH](F)C(F)F. The minimum atomic E-state index is -3.29. The Kier molecular flexibility index (Phi) is 10.7. The first kappa shape index (κ1) is 18.6. The van der Waals surface area contributed by atoms with E-state index in [1.807, 2.05) is 0 Å². The van der Waals surface area contributed by atoms with Gasteiger partial charge in [-0.1, -0.05) is 0 Å². The Morgan fingerprint density at radius 3 is 1.28 bits per heavy atom. The van der Waals surface area contributed by atoms with Crippen molar-refractivity contribution >= 4 is 18.4 Å². The summed E-state index contributed by atoms with van der Waals surface area (Å²) >= 11 is -3.29. The molecule has 0 aliphatic heterocycles. The van der Waals surface area contributed by atoms with Crippen LogP contribution in [-0.4, -0.2) is 29.0 Å². The topological polar surface area (TPSA) is 0 Å². The maximum atomic E-state index is 14.2. The zero-order chi connectivity index (χ0) is 14.0. The fourth-order valence-electron chi connectivity index (χ4n) is 2.64. The van der Waals surface area contributed by atoms with Crippen molar-refractivity contribution in [1.82, 2.24) is 0 Å². The summed E-state index contributed by atoms with van der Waals surface area (Å²) < 4.78 is 40.6. The predicted molar refractivity (Wildman–Crippen MR) is 75.8 cm³/mol. The molecule has 0 saturated heterocycles. The van der Waals surface area contributed by atoms with E-state index in [0.717, 1.165) is 51.8 Å². The molecule has 0 aromatic rings. The normalized spacial score (nSPS) is 14.2. The molecule has 0 aromatic heterocycles. The van der Waals surface area contributed by atoms with Crippen LogP contribution in [0.5, 0.6) is 0 Å². The van der Waals surface area contributed by atoms with Crippen LogP contribution < -0.4 is 0 Å². The molecule has 0 nitrogen and oxygen atoms in total. The molecule has 0 aromatic carbocycles. The summed E-state index contributed by atoms with van der Waals surface area (Å²) in [4.78, 5) is 0. The molecule has 0 spiro atoms.